The van der Waals surface area contributed by atoms with E-state index in [0.717, 1.165) is 22.3 Å². The number of aromatic amines is 1. The van der Waals surface area contributed by atoms with E-state index in [1.54, 1.807) is 6.08 Å². The van der Waals surface area contributed by atoms with Gasteiger partial charge in [-0.2, -0.15) is 0 Å². The molecule has 0 atom stereocenters. The monoisotopic (exact) mass is 258 g/mol. The number of anilines is 1. The van der Waals surface area contributed by atoms with Crippen molar-refractivity contribution in [3.63, 3.8) is 0 Å². The van der Waals surface area contributed by atoms with Crippen molar-refractivity contribution in [3.05, 3.63) is 36.0 Å². The molecule has 0 aliphatic rings. The minimum absolute atomic E-state index is 0.110. The summed E-state index contributed by atoms with van der Waals surface area (Å²) in [5.41, 5.74) is 2.46. The average Bonchev–Trinajstić information content (AvgIpc) is 2.77. The maximum atomic E-state index is 11.0. The third-order valence-corrected chi connectivity index (χ3v) is 2.56. The fourth-order valence-electron chi connectivity index (χ4n) is 1.75. The zero-order valence-electron chi connectivity index (χ0n) is 10.7. The Morgan fingerprint density at radius 1 is 1.32 bits per heavy atom. The number of aromatic nitrogens is 1. The van der Waals surface area contributed by atoms with E-state index in [4.69, 9.17) is 0 Å². The number of benzene rings is 1. The Hall–Kier alpha value is -2.56. The van der Waals surface area contributed by atoms with Crippen molar-refractivity contribution in [2.24, 2.45) is 0 Å². The quantitative estimate of drug-likeness (QED) is 0.655. The minimum Gasteiger partial charge on any atom is -0.466 e. The van der Waals surface area contributed by atoms with Crippen LogP contribution in [0.2, 0.25) is 0 Å². The Bertz CT molecular complexity index is 656. The molecule has 2 rings (SSSR count). The summed E-state index contributed by atoms with van der Waals surface area (Å²) in [6.45, 7) is 1.46. The molecule has 2 aromatic rings. The van der Waals surface area contributed by atoms with Crippen LogP contribution in [0.15, 0.2) is 30.3 Å². The normalized spacial score (nSPS) is 10.8. The van der Waals surface area contributed by atoms with Gasteiger partial charge >= 0.3 is 5.97 Å². The lowest BCUT2D eigenvalue weighted by Crippen LogP contribution is -2.05. The van der Waals surface area contributed by atoms with E-state index in [0.29, 0.717) is 0 Å². The molecule has 0 saturated carbocycles. The third kappa shape index (κ3) is 3.22. The molecule has 0 bridgehead atoms. The number of esters is 1. The maximum absolute atomic E-state index is 11.0. The van der Waals surface area contributed by atoms with Crippen molar-refractivity contribution in [1.29, 1.82) is 0 Å². The number of carbonyl (C=O) groups is 2. The van der Waals surface area contributed by atoms with Gasteiger partial charge in [-0.1, -0.05) is 0 Å². The fraction of sp³-hybridized carbons (Fsp3) is 0.143. The SMILES string of the molecule is COC(=O)/C=C/c1cc2cc(NC(C)=O)ccc2[nH]1. The number of nitrogens with one attached hydrogen (secondary N) is 2. The topological polar surface area (TPSA) is 71.2 Å². The number of rotatable bonds is 3. The standard InChI is InChI=1S/C14H14N2O3/c1-9(17)15-11-3-5-13-10(7-11)8-12(16-13)4-6-14(18)19-2/h3-8,16H,1-2H3,(H,15,17)/b6-4+. The van der Waals surface area contributed by atoms with Crippen LogP contribution in [0.25, 0.3) is 17.0 Å². The summed E-state index contributed by atoms with van der Waals surface area (Å²) in [6.07, 6.45) is 2.99. The van der Waals surface area contributed by atoms with Crippen LogP contribution in [0.1, 0.15) is 12.6 Å². The van der Waals surface area contributed by atoms with E-state index in [2.05, 4.69) is 15.0 Å². The first-order chi connectivity index (χ1) is 9.08. The molecule has 0 fully saturated rings. The lowest BCUT2D eigenvalue weighted by atomic mass is 10.2. The summed E-state index contributed by atoms with van der Waals surface area (Å²) in [5.74, 6) is -0.515. The first-order valence-electron chi connectivity index (χ1n) is 5.75. The largest absolute Gasteiger partial charge is 0.466 e. The second kappa shape index (κ2) is 5.39. The summed E-state index contributed by atoms with van der Waals surface area (Å²) in [7, 11) is 1.33. The molecule has 1 amide bonds. The predicted molar refractivity (Wildman–Crippen MR) is 73.7 cm³/mol. The highest BCUT2D eigenvalue weighted by molar-refractivity contribution is 5.93. The van der Waals surface area contributed by atoms with Gasteiger partial charge in [-0.05, 0) is 30.3 Å². The molecule has 5 nitrogen and oxygen atoms in total. The van der Waals surface area contributed by atoms with Crippen molar-refractivity contribution in [2.75, 3.05) is 12.4 Å². The fourth-order valence-corrected chi connectivity index (χ4v) is 1.75. The summed E-state index contributed by atoms with van der Waals surface area (Å²) < 4.78 is 4.52. The first kappa shape index (κ1) is 12.9. The number of hydrogen-bond donors (Lipinski definition) is 2. The number of H-pyrrole nitrogens is 1. The van der Waals surface area contributed by atoms with E-state index in [-0.39, 0.29) is 5.91 Å². The van der Waals surface area contributed by atoms with Crippen molar-refractivity contribution < 1.29 is 14.3 Å². The predicted octanol–water partition coefficient (Wildman–Crippen LogP) is 2.31. The van der Waals surface area contributed by atoms with E-state index >= 15 is 0 Å². The molecule has 1 heterocycles. The van der Waals surface area contributed by atoms with Gasteiger partial charge in [-0.15, -0.1) is 0 Å². The molecule has 19 heavy (non-hydrogen) atoms. The first-order valence-corrected chi connectivity index (χ1v) is 5.75. The van der Waals surface area contributed by atoms with E-state index < -0.39 is 5.97 Å². The molecule has 0 saturated heterocycles. The van der Waals surface area contributed by atoms with Gasteiger partial charge < -0.3 is 15.0 Å². The molecule has 0 aliphatic heterocycles. The Morgan fingerprint density at radius 2 is 2.11 bits per heavy atom. The third-order valence-electron chi connectivity index (χ3n) is 2.56. The highest BCUT2D eigenvalue weighted by Gasteiger charge is 2.02. The van der Waals surface area contributed by atoms with Crippen LogP contribution >= 0.6 is 0 Å². The van der Waals surface area contributed by atoms with Crippen LogP contribution in [0.3, 0.4) is 0 Å². The lowest BCUT2D eigenvalue weighted by molar-refractivity contribution is -0.134. The van der Waals surface area contributed by atoms with Gasteiger partial charge in [0.1, 0.15) is 0 Å². The molecular weight excluding hydrogens is 244 g/mol. The molecule has 2 N–H and O–H groups in total. The number of hydrogen-bond acceptors (Lipinski definition) is 3. The van der Waals surface area contributed by atoms with Gasteiger partial charge in [-0.3, -0.25) is 4.79 Å². The molecule has 5 heteroatoms. The zero-order chi connectivity index (χ0) is 13.8. The summed E-state index contributed by atoms with van der Waals surface area (Å²) in [6, 6.07) is 7.44. The highest BCUT2D eigenvalue weighted by atomic mass is 16.5. The van der Waals surface area contributed by atoms with Crippen molar-refractivity contribution in [1.82, 2.24) is 4.98 Å². The molecule has 0 aliphatic carbocycles. The smallest absolute Gasteiger partial charge is 0.330 e. The molecule has 98 valence electrons. The molecule has 0 spiro atoms. The van der Waals surface area contributed by atoms with Gasteiger partial charge in [-0.25, -0.2) is 4.79 Å². The van der Waals surface area contributed by atoms with Crippen LogP contribution in [0.5, 0.6) is 0 Å². The van der Waals surface area contributed by atoms with E-state index in [1.165, 1.54) is 20.1 Å². The van der Waals surface area contributed by atoms with Crippen LogP contribution < -0.4 is 5.32 Å². The maximum Gasteiger partial charge on any atom is 0.330 e. The second-order valence-corrected chi connectivity index (χ2v) is 4.06. The molecular formula is C14H14N2O3. The molecule has 1 aromatic heterocycles. The minimum atomic E-state index is -0.405. The Labute approximate surface area is 110 Å². The lowest BCUT2D eigenvalue weighted by Gasteiger charge is -2.00. The molecule has 0 unspecified atom stereocenters. The number of amides is 1. The Kier molecular flexibility index (Phi) is 3.66. The zero-order valence-corrected chi connectivity index (χ0v) is 10.7. The second-order valence-electron chi connectivity index (χ2n) is 4.06. The van der Waals surface area contributed by atoms with Gasteiger partial charge in [0, 0.05) is 35.3 Å². The number of ether oxygens (including phenoxy) is 1. The van der Waals surface area contributed by atoms with Crippen LogP contribution in [-0.2, 0) is 14.3 Å². The van der Waals surface area contributed by atoms with Crippen LogP contribution in [0, 0.1) is 0 Å². The van der Waals surface area contributed by atoms with Crippen LogP contribution in [0.4, 0.5) is 5.69 Å². The number of methoxy groups -OCH3 is 1. The summed E-state index contributed by atoms with van der Waals surface area (Å²) >= 11 is 0. The van der Waals surface area contributed by atoms with Gasteiger partial charge in [0.05, 0.1) is 7.11 Å². The summed E-state index contributed by atoms with van der Waals surface area (Å²) in [4.78, 5) is 25.1. The van der Waals surface area contributed by atoms with E-state index in [9.17, 15) is 9.59 Å². The van der Waals surface area contributed by atoms with Crippen molar-refractivity contribution in [3.8, 4) is 0 Å². The number of carbonyl (C=O) groups excluding carboxylic acids is 2. The average molecular weight is 258 g/mol. The van der Waals surface area contributed by atoms with Gasteiger partial charge in [0.25, 0.3) is 0 Å². The van der Waals surface area contributed by atoms with Gasteiger partial charge in [0.2, 0.25) is 5.91 Å². The Balaban J connectivity index is 2.27. The molecule has 1 aromatic carbocycles. The highest BCUT2D eigenvalue weighted by Crippen LogP contribution is 2.20. The van der Waals surface area contributed by atoms with Gasteiger partial charge in [0.15, 0.2) is 0 Å². The van der Waals surface area contributed by atoms with E-state index in [1.807, 2.05) is 24.3 Å². The van der Waals surface area contributed by atoms with Crippen molar-refractivity contribution in [2.45, 2.75) is 6.92 Å². The summed E-state index contributed by atoms with van der Waals surface area (Å²) in [5, 5.41) is 3.67. The molecule has 0 radical (unpaired) electrons. The van der Waals surface area contributed by atoms with Crippen LogP contribution in [-0.4, -0.2) is 24.0 Å². The number of fused-ring (bicyclic) bond motifs is 1. The Morgan fingerprint density at radius 3 is 2.79 bits per heavy atom. The van der Waals surface area contributed by atoms with Crippen molar-refractivity contribution >= 4 is 34.5 Å².